The molecule has 0 bridgehead atoms. The number of carbonyl (C=O) groups is 1. The Labute approximate surface area is 180 Å². The summed E-state index contributed by atoms with van der Waals surface area (Å²) >= 11 is 5.46. The molecule has 1 aliphatic heterocycles. The highest BCUT2D eigenvalue weighted by atomic mass is 79.9. The Morgan fingerprint density at radius 2 is 1.96 bits per heavy atom. The second-order valence-corrected chi connectivity index (χ2v) is 10.0. The number of carbonyl (C=O) groups excluding carboxylic acids is 1. The summed E-state index contributed by atoms with van der Waals surface area (Å²) in [5.41, 5.74) is 3.65. The summed E-state index contributed by atoms with van der Waals surface area (Å²) in [6.45, 7) is 5.77. The molecule has 3 nitrogen and oxygen atoms in total. The molecule has 1 N–H and O–H groups in total. The topological polar surface area (TPSA) is 32.3 Å². The molecule has 0 spiro atoms. The molecule has 1 heterocycles. The highest BCUT2D eigenvalue weighted by Gasteiger charge is 2.52. The first-order valence-corrected chi connectivity index (χ1v) is 11.9. The molecule has 2 aliphatic rings. The van der Waals surface area contributed by atoms with Crippen LogP contribution in [0, 0.1) is 5.92 Å². The largest absolute Gasteiger partial charge is 0.334 e. The van der Waals surface area contributed by atoms with Crippen LogP contribution in [-0.2, 0) is 12.0 Å². The van der Waals surface area contributed by atoms with Crippen LogP contribution in [-0.4, -0.2) is 18.3 Å². The van der Waals surface area contributed by atoms with E-state index in [2.05, 4.69) is 71.5 Å². The van der Waals surface area contributed by atoms with Crippen LogP contribution in [0.2, 0.25) is 0 Å². The predicted octanol–water partition coefficient (Wildman–Crippen LogP) is 6.35. The number of rotatable bonds is 6. The van der Waals surface area contributed by atoms with Gasteiger partial charge in [-0.05, 0) is 72.4 Å². The van der Waals surface area contributed by atoms with E-state index in [-0.39, 0.29) is 11.4 Å². The van der Waals surface area contributed by atoms with Crippen molar-refractivity contribution in [3.05, 3.63) is 58.1 Å². The number of nitrogens with zero attached hydrogens (tertiary/aromatic N) is 1. The standard InChI is InChI=1S/C23H27BrN2OS/c1-3-23(17-7-8-17)15-26(21-12-9-18(24)13-20(21)23)22(27)25-14-16-5-10-19(11-6-16)28-4-2/h5-6,9-13,17H,3-4,7-8,14-15H2,1-2H3,(H,25,27). The molecular weight excluding hydrogens is 432 g/mol. The van der Waals surface area contributed by atoms with Gasteiger partial charge in [-0.3, -0.25) is 4.90 Å². The van der Waals surface area contributed by atoms with Gasteiger partial charge in [0.25, 0.3) is 0 Å². The minimum atomic E-state index is 0.00607. The molecule has 2 aromatic carbocycles. The van der Waals surface area contributed by atoms with Crippen LogP contribution >= 0.6 is 27.7 Å². The van der Waals surface area contributed by atoms with Crippen molar-refractivity contribution in [3.8, 4) is 0 Å². The van der Waals surface area contributed by atoms with Crippen LogP contribution in [0.3, 0.4) is 0 Å². The number of benzene rings is 2. The van der Waals surface area contributed by atoms with Gasteiger partial charge in [-0.25, -0.2) is 4.79 Å². The van der Waals surface area contributed by atoms with Crippen LogP contribution < -0.4 is 10.2 Å². The van der Waals surface area contributed by atoms with Crippen LogP contribution in [0.4, 0.5) is 10.5 Å². The second-order valence-electron chi connectivity index (χ2n) is 7.77. The average molecular weight is 459 g/mol. The Balaban J connectivity index is 1.50. The quantitative estimate of drug-likeness (QED) is 0.511. The molecule has 1 atom stereocenters. The van der Waals surface area contributed by atoms with Crippen LogP contribution in [0.5, 0.6) is 0 Å². The van der Waals surface area contributed by atoms with E-state index in [4.69, 9.17) is 0 Å². The summed E-state index contributed by atoms with van der Waals surface area (Å²) in [7, 11) is 0. The zero-order valence-electron chi connectivity index (χ0n) is 16.5. The molecule has 2 amide bonds. The number of hydrogen-bond donors (Lipinski definition) is 1. The lowest BCUT2D eigenvalue weighted by Crippen LogP contribution is -2.43. The van der Waals surface area contributed by atoms with Gasteiger partial charge in [0.1, 0.15) is 0 Å². The maximum atomic E-state index is 13.1. The van der Waals surface area contributed by atoms with E-state index in [1.165, 1.54) is 23.3 Å². The molecular formula is C23H27BrN2OS. The zero-order chi connectivity index (χ0) is 19.7. The maximum Gasteiger partial charge on any atom is 0.322 e. The minimum absolute atomic E-state index is 0.00607. The van der Waals surface area contributed by atoms with E-state index in [9.17, 15) is 4.79 Å². The molecule has 1 fully saturated rings. The Morgan fingerprint density at radius 1 is 1.21 bits per heavy atom. The molecule has 1 saturated carbocycles. The molecule has 1 aliphatic carbocycles. The number of thioether (sulfide) groups is 1. The Bertz CT molecular complexity index is 865. The number of hydrogen-bond acceptors (Lipinski definition) is 2. The smallest absolute Gasteiger partial charge is 0.322 e. The lowest BCUT2D eigenvalue weighted by Gasteiger charge is -2.29. The number of fused-ring (bicyclic) bond motifs is 1. The summed E-state index contributed by atoms with van der Waals surface area (Å²) in [6, 6.07) is 14.8. The highest BCUT2D eigenvalue weighted by Crippen LogP contribution is 2.56. The lowest BCUT2D eigenvalue weighted by atomic mass is 9.75. The molecule has 5 heteroatoms. The second kappa shape index (κ2) is 8.11. The SMILES string of the molecule is CCSc1ccc(CNC(=O)N2CC(CC)(C3CC3)c3cc(Br)ccc32)cc1. The van der Waals surface area contributed by atoms with E-state index < -0.39 is 0 Å². The van der Waals surface area contributed by atoms with Gasteiger partial charge in [0.05, 0.1) is 0 Å². The van der Waals surface area contributed by atoms with Crippen LogP contribution in [0.15, 0.2) is 51.8 Å². The van der Waals surface area contributed by atoms with E-state index in [1.54, 1.807) is 0 Å². The van der Waals surface area contributed by atoms with Gasteiger partial charge in [-0.2, -0.15) is 0 Å². The highest BCUT2D eigenvalue weighted by molar-refractivity contribution is 9.10. The van der Waals surface area contributed by atoms with Gasteiger partial charge in [0.15, 0.2) is 0 Å². The van der Waals surface area contributed by atoms with Crippen molar-refractivity contribution < 1.29 is 4.79 Å². The van der Waals surface area contributed by atoms with Crippen molar-refractivity contribution in [2.45, 2.75) is 50.0 Å². The monoisotopic (exact) mass is 458 g/mol. The van der Waals surface area contributed by atoms with Crippen molar-refractivity contribution in [2.75, 3.05) is 17.2 Å². The minimum Gasteiger partial charge on any atom is -0.334 e. The molecule has 0 aromatic heterocycles. The fourth-order valence-corrected chi connectivity index (χ4v) is 5.52. The van der Waals surface area contributed by atoms with Crippen molar-refractivity contribution in [1.29, 1.82) is 0 Å². The van der Waals surface area contributed by atoms with Crippen LogP contribution in [0.1, 0.15) is 44.2 Å². The first kappa shape index (κ1) is 19.8. The number of urea groups is 1. The average Bonchev–Trinajstić information content (AvgIpc) is 3.50. The van der Waals surface area contributed by atoms with E-state index in [1.807, 2.05) is 22.7 Å². The van der Waals surface area contributed by atoms with Crippen molar-refractivity contribution in [1.82, 2.24) is 5.32 Å². The first-order valence-electron chi connectivity index (χ1n) is 10.1. The number of halogens is 1. The molecule has 1 unspecified atom stereocenters. The Kier molecular flexibility index (Phi) is 5.75. The summed E-state index contributed by atoms with van der Waals surface area (Å²) in [6.07, 6.45) is 3.62. The molecule has 2 aromatic rings. The summed E-state index contributed by atoms with van der Waals surface area (Å²) in [5.74, 6) is 1.77. The zero-order valence-corrected chi connectivity index (χ0v) is 18.9. The molecule has 0 saturated heterocycles. The Hall–Kier alpha value is -1.46. The fraction of sp³-hybridized carbons (Fsp3) is 0.435. The van der Waals surface area contributed by atoms with E-state index in [0.717, 1.165) is 34.4 Å². The third kappa shape index (κ3) is 3.71. The van der Waals surface area contributed by atoms with Gasteiger partial charge >= 0.3 is 6.03 Å². The van der Waals surface area contributed by atoms with Crippen molar-refractivity contribution in [3.63, 3.8) is 0 Å². The van der Waals surface area contributed by atoms with Crippen molar-refractivity contribution >= 4 is 39.4 Å². The van der Waals surface area contributed by atoms with Gasteiger partial charge in [-0.1, -0.05) is 41.9 Å². The first-order chi connectivity index (χ1) is 13.6. The van der Waals surface area contributed by atoms with Gasteiger partial charge in [0, 0.05) is 33.6 Å². The van der Waals surface area contributed by atoms with Crippen LogP contribution in [0.25, 0.3) is 0 Å². The number of amides is 2. The van der Waals surface area contributed by atoms with Gasteiger partial charge in [0.2, 0.25) is 0 Å². The van der Waals surface area contributed by atoms with E-state index >= 15 is 0 Å². The molecule has 28 heavy (non-hydrogen) atoms. The molecule has 148 valence electrons. The normalized spacial score (nSPS) is 20.9. The molecule has 0 radical (unpaired) electrons. The van der Waals surface area contributed by atoms with Crippen molar-refractivity contribution in [2.24, 2.45) is 5.92 Å². The summed E-state index contributed by atoms with van der Waals surface area (Å²) in [4.78, 5) is 16.3. The predicted molar refractivity (Wildman–Crippen MR) is 121 cm³/mol. The summed E-state index contributed by atoms with van der Waals surface area (Å²) < 4.78 is 1.09. The summed E-state index contributed by atoms with van der Waals surface area (Å²) in [5, 5.41) is 3.14. The van der Waals surface area contributed by atoms with Gasteiger partial charge in [-0.15, -0.1) is 11.8 Å². The maximum absolute atomic E-state index is 13.1. The van der Waals surface area contributed by atoms with Gasteiger partial charge < -0.3 is 5.32 Å². The Morgan fingerprint density at radius 3 is 2.61 bits per heavy atom. The number of anilines is 1. The fourth-order valence-electron chi connectivity index (χ4n) is 4.50. The lowest BCUT2D eigenvalue weighted by molar-refractivity contribution is 0.244. The number of nitrogens with one attached hydrogen (secondary N) is 1. The third-order valence-electron chi connectivity index (χ3n) is 6.14. The third-order valence-corrected chi connectivity index (χ3v) is 7.53. The van der Waals surface area contributed by atoms with E-state index in [0.29, 0.717) is 12.5 Å². The molecule has 4 rings (SSSR count).